The van der Waals surface area contributed by atoms with Crippen LogP contribution in [0.5, 0.6) is 0 Å². The molecular formula is C32H39N2O2+. The number of allylic oxidation sites excluding steroid dienone is 1. The Morgan fingerprint density at radius 1 is 1.06 bits per heavy atom. The van der Waals surface area contributed by atoms with Gasteiger partial charge in [0.05, 0.1) is 11.2 Å². The molecule has 6 atom stereocenters. The highest BCUT2D eigenvalue weighted by atomic mass is 16.6. The molecule has 6 aliphatic rings. The largest absolute Gasteiger partial charge is 0.359 e. The van der Waals surface area contributed by atoms with Crippen LogP contribution in [0.2, 0.25) is 0 Å². The van der Waals surface area contributed by atoms with E-state index in [1.54, 1.807) is 0 Å². The molecule has 36 heavy (non-hydrogen) atoms. The molecule has 4 fully saturated rings. The first kappa shape index (κ1) is 22.0. The van der Waals surface area contributed by atoms with E-state index in [1.807, 2.05) is 12.4 Å². The third-order valence-corrected chi connectivity index (χ3v) is 11.7. The normalized spacial score (nSPS) is 42.4. The first-order valence-corrected chi connectivity index (χ1v) is 14.5. The Morgan fingerprint density at radius 2 is 1.94 bits per heavy atom. The van der Waals surface area contributed by atoms with Crippen molar-refractivity contribution in [3.8, 4) is 0 Å². The molecule has 1 aromatic heterocycles. The Bertz CT molecular complexity index is 1310. The maximum Gasteiger partial charge on any atom is 0.122 e. The van der Waals surface area contributed by atoms with E-state index in [-0.39, 0.29) is 16.6 Å². The molecule has 1 aromatic carbocycles. The smallest absolute Gasteiger partial charge is 0.122 e. The SMILES string of the molecule is CC12CC=C3C=C4CC[C@@H]([N+]5(O)CCCC5)C[C@]45CC[C@]3(O5)[C@@H]1CCC2c1ccc2ccncc2c1. The molecule has 3 aliphatic heterocycles. The zero-order valence-electron chi connectivity index (χ0n) is 21.6. The minimum absolute atomic E-state index is 0.128. The molecule has 2 aromatic rings. The number of hydrogen-bond donors (Lipinski definition) is 1. The minimum atomic E-state index is -0.137. The Hall–Kier alpha value is -2.01. The van der Waals surface area contributed by atoms with Crippen LogP contribution in [0.25, 0.3) is 10.8 Å². The highest BCUT2D eigenvalue weighted by molar-refractivity contribution is 5.82. The van der Waals surface area contributed by atoms with Gasteiger partial charge >= 0.3 is 0 Å². The Labute approximate surface area is 214 Å². The van der Waals surface area contributed by atoms with E-state index >= 15 is 0 Å². The van der Waals surface area contributed by atoms with E-state index in [1.165, 1.54) is 40.3 Å². The predicted octanol–water partition coefficient (Wildman–Crippen LogP) is 6.85. The number of aromatic nitrogens is 1. The van der Waals surface area contributed by atoms with Gasteiger partial charge in [0.2, 0.25) is 0 Å². The van der Waals surface area contributed by atoms with Crippen LogP contribution in [0, 0.1) is 11.3 Å². The fraction of sp³-hybridized carbons (Fsp3) is 0.594. The van der Waals surface area contributed by atoms with Crippen LogP contribution in [0.4, 0.5) is 0 Å². The summed E-state index contributed by atoms with van der Waals surface area (Å²) in [5, 5.41) is 14.0. The molecule has 3 aliphatic carbocycles. The molecular weight excluding hydrogens is 444 g/mol. The summed E-state index contributed by atoms with van der Waals surface area (Å²) in [5.41, 5.74) is 4.45. The fourth-order valence-electron chi connectivity index (χ4n) is 9.91. The summed E-state index contributed by atoms with van der Waals surface area (Å²) in [4.78, 5) is 4.39. The number of benzene rings is 1. The zero-order valence-corrected chi connectivity index (χ0v) is 21.6. The minimum Gasteiger partial charge on any atom is -0.359 e. The van der Waals surface area contributed by atoms with Gasteiger partial charge < -0.3 is 4.74 Å². The van der Waals surface area contributed by atoms with E-state index in [4.69, 9.17) is 4.74 Å². The quantitative estimate of drug-likeness (QED) is 0.475. The molecule has 4 nitrogen and oxygen atoms in total. The predicted molar refractivity (Wildman–Crippen MR) is 141 cm³/mol. The van der Waals surface area contributed by atoms with Gasteiger partial charge in [-0.25, -0.2) is 5.21 Å². The third kappa shape index (κ3) is 2.79. The Morgan fingerprint density at radius 3 is 2.83 bits per heavy atom. The van der Waals surface area contributed by atoms with Gasteiger partial charge in [-0.05, 0) is 90.0 Å². The Balaban J connectivity index is 1.15. The number of hydroxylamine groups is 3. The molecule has 188 valence electrons. The van der Waals surface area contributed by atoms with Crippen molar-refractivity contribution in [3.63, 3.8) is 0 Å². The maximum absolute atomic E-state index is 11.4. The molecule has 1 N–H and O–H groups in total. The van der Waals surface area contributed by atoms with Gasteiger partial charge in [0.1, 0.15) is 19.1 Å². The van der Waals surface area contributed by atoms with E-state index in [0.717, 1.165) is 64.5 Å². The van der Waals surface area contributed by atoms with E-state index in [0.29, 0.717) is 22.5 Å². The van der Waals surface area contributed by atoms with Crippen LogP contribution >= 0.6 is 0 Å². The van der Waals surface area contributed by atoms with Crippen molar-refractivity contribution in [2.75, 3.05) is 13.1 Å². The monoisotopic (exact) mass is 483 g/mol. The second-order valence-corrected chi connectivity index (χ2v) is 13.2. The van der Waals surface area contributed by atoms with E-state index in [9.17, 15) is 5.21 Å². The molecule has 8 rings (SSSR count). The molecule has 2 unspecified atom stereocenters. The zero-order chi connectivity index (χ0) is 24.2. The topological polar surface area (TPSA) is 42.4 Å². The third-order valence-electron chi connectivity index (χ3n) is 11.7. The lowest BCUT2D eigenvalue weighted by Crippen LogP contribution is -2.59. The number of rotatable bonds is 2. The van der Waals surface area contributed by atoms with Crippen molar-refractivity contribution >= 4 is 10.8 Å². The van der Waals surface area contributed by atoms with Gasteiger partial charge in [0, 0.05) is 43.5 Å². The Kier molecular flexibility index (Phi) is 4.47. The van der Waals surface area contributed by atoms with E-state index in [2.05, 4.69) is 48.3 Å². The van der Waals surface area contributed by atoms with Crippen molar-refractivity contribution in [3.05, 3.63) is 65.5 Å². The summed E-state index contributed by atoms with van der Waals surface area (Å²) in [5.74, 6) is 1.11. The number of quaternary nitrogens is 1. The number of likely N-dealkylation sites (tertiary alicyclic amines) is 1. The number of hydrogen-bond acceptors (Lipinski definition) is 3. The molecule has 4 heterocycles. The fourth-order valence-corrected chi connectivity index (χ4v) is 9.91. The van der Waals surface area contributed by atoms with Crippen molar-refractivity contribution in [1.29, 1.82) is 0 Å². The van der Waals surface area contributed by atoms with Crippen molar-refractivity contribution in [1.82, 2.24) is 4.98 Å². The van der Waals surface area contributed by atoms with Crippen LogP contribution < -0.4 is 0 Å². The summed E-state index contributed by atoms with van der Waals surface area (Å²) in [6.07, 6.45) is 20.5. The van der Waals surface area contributed by atoms with Gasteiger partial charge in [-0.15, -0.1) is 0 Å². The first-order chi connectivity index (χ1) is 17.4. The summed E-state index contributed by atoms with van der Waals surface area (Å²) < 4.78 is 7.78. The van der Waals surface area contributed by atoms with Crippen molar-refractivity contribution in [2.45, 2.75) is 94.3 Å². The molecule has 0 radical (unpaired) electrons. The second kappa shape index (κ2) is 7.30. The molecule has 2 bridgehead atoms. The number of nitrogens with zero attached hydrogens (tertiary/aromatic N) is 2. The summed E-state index contributed by atoms with van der Waals surface area (Å²) in [6, 6.07) is 9.51. The second-order valence-electron chi connectivity index (χ2n) is 13.2. The lowest BCUT2D eigenvalue weighted by atomic mass is 9.58. The average molecular weight is 484 g/mol. The lowest BCUT2D eigenvalue weighted by Gasteiger charge is -2.55. The average Bonchev–Trinajstić information content (AvgIpc) is 3.58. The summed E-state index contributed by atoms with van der Waals surface area (Å²) >= 11 is 0. The number of fused-ring (bicyclic) bond motifs is 2. The molecule has 4 heteroatoms. The molecule has 2 saturated heterocycles. The summed E-state index contributed by atoms with van der Waals surface area (Å²) in [7, 11) is 0. The lowest BCUT2D eigenvalue weighted by molar-refractivity contribution is -1.11. The van der Waals surface area contributed by atoms with Gasteiger partial charge in [-0.2, -0.15) is 4.65 Å². The van der Waals surface area contributed by atoms with Crippen molar-refractivity contribution < 1.29 is 14.6 Å². The molecule has 2 spiro atoms. The van der Waals surface area contributed by atoms with Crippen LogP contribution in [0.3, 0.4) is 0 Å². The van der Waals surface area contributed by atoms with Gasteiger partial charge in [0.25, 0.3) is 0 Å². The summed E-state index contributed by atoms with van der Waals surface area (Å²) in [6.45, 7) is 4.42. The standard InChI is InChI=1S/C32H39N2O2/c1-30-12-10-26-19-25-6-7-27(34(35)16-2-3-17-34)20-31(25)13-14-32(26,36-31)29(30)9-8-28(30)23-5-4-22-11-15-33-21-24(22)18-23/h4-5,10-11,15,18-19,21,27-29,35H,2-3,6-9,12-14,16-17,20H2,1H3/q+1/t27-,28?,29-,30?,31-,32-/m1/s1. The number of ether oxygens (including phenoxy) is 1. The van der Waals surface area contributed by atoms with Gasteiger partial charge in [0.15, 0.2) is 0 Å². The van der Waals surface area contributed by atoms with E-state index < -0.39 is 0 Å². The molecule has 0 amide bonds. The van der Waals surface area contributed by atoms with Gasteiger partial charge in [-0.3, -0.25) is 4.98 Å². The highest BCUT2D eigenvalue weighted by Gasteiger charge is 2.67. The molecule has 2 saturated carbocycles. The van der Waals surface area contributed by atoms with Crippen LogP contribution in [0.1, 0.15) is 82.6 Å². The van der Waals surface area contributed by atoms with Crippen LogP contribution in [-0.2, 0) is 4.74 Å². The van der Waals surface area contributed by atoms with Gasteiger partial charge in [-0.1, -0.05) is 31.2 Å². The maximum atomic E-state index is 11.4. The highest BCUT2D eigenvalue weighted by Crippen LogP contribution is 2.69. The van der Waals surface area contributed by atoms with Crippen molar-refractivity contribution in [2.24, 2.45) is 11.3 Å². The van der Waals surface area contributed by atoms with Crippen LogP contribution in [-0.4, -0.2) is 45.2 Å². The number of pyridine rings is 1. The van der Waals surface area contributed by atoms with Crippen LogP contribution in [0.15, 0.2) is 60.0 Å². The first-order valence-electron chi connectivity index (χ1n) is 14.5.